The third-order valence-corrected chi connectivity index (χ3v) is 4.89. The molecule has 0 radical (unpaired) electrons. The van der Waals surface area contributed by atoms with Crippen LogP contribution in [0.1, 0.15) is 28.3 Å². The molecule has 1 atom stereocenters. The number of amides is 1. The second-order valence-electron chi connectivity index (χ2n) is 5.70. The average Bonchev–Trinajstić information content (AvgIpc) is 3.17. The summed E-state index contributed by atoms with van der Waals surface area (Å²) in [6, 6.07) is 10.3. The summed E-state index contributed by atoms with van der Waals surface area (Å²) in [4.78, 5) is 37.5. The lowest BCUT2D eigenvalue weighted by molar-refractivity contribution is -0.124. The van der Waals surface area contributed by atoms with Crippen molar-refractivity contribution in [2.24, 2.45) is 7.05 Å². The number of nitrogens with one attached hydrogen (secondary N) is 1. The summed E-state index contributed by atoms with van der Waals surface area (Å²) in [5, 5.41) is 9.43. The highest BCUT2D eigenvalue weighted by atomic mass is 32.1. The lowest BCUT2D eigenvalue weighted by Gasteiger charge is -2.12. The highest BCUT2D eigenvalue weighted by Crippen LogP contribution is 2.18. The van der Waals surface area contributed by atoms with Crippen molar-refractivity contribution in [1.29, 1.82) is 0 Å². The van der Waals surface area contributed by atoms with E-state index in [2.05, 4.69) is 10.4 Å². The highest BCUT2D eigenvalue weighted by molar-refractivity contribution is 7.10. The topological polar surface area (TPSA) is 90.3 Å². The first-order valence-corrected chi connectivity index (χ1v) is 8.81. The Bertz CT molecular complexity index is 1010. The van der Waals surface area contributed by atoms with Gasteiger partial charge in [0.15, 0.2) is 12.3 Å². The van der Waals surface area contributed by atoms with Crippen LogP contribution < -0.4 is 10.9 Å². The van der Waals surface area contributed by atoms with Crippen LogP contribution in [0, 0.1) is 0 Å². The normalized spacial score (nSPS) is 11.9. The molecule has 0 unspecified atom stereocenters. The number of esters is 1. The van der Waals surface area contributed by atoms with E-state index in [4.69, 9.17) is 4.74 Å². The number of carbonyl (C=O) groups excluding carboxylic acids is 2. The van der Waals surface area contributed by atoms with Crippen LogP contribution >= 0.6 is 11.3 Å². The molecule has 0 saturated heterocycles. The lowest BCUT2D eigenvalue weighted by atomic mass is 10.1. The van der Waals surface area contributed by atoms with Gasteiger partial charge in [0.1, 0.15) is 0 Å². The van der Waals surface area contributed by atoms with E-state index in [9.17, 15) is 14.4 Å². The minimum absolute atomic E-state index is 0.00167. The summed E-state index contributed by atoms with van der Waals surface area (Å²) in [7, 11) is 1.46. The summed E-state index contributed by atoms with van der Waals surface area (Å²) >= 11 is 1.53. The van der Waals surface area contributed by atoms with E-state index >= 15 is 0 Å². The number of hydrogen-bond donors (Lipinski definition) is 1. The molecule has 2 aromatic heterocycles. The molecule has 7 nitrogen and oxygen atoms in total. The number of aromatic nitrogens is 2. The van der Waals surface area contributed by atoms with Gasteiger partial charge in [0.05, 0.1) is 11.4 Å². The van der Waals surface area contributed by atoms with Gasteiger partial charge in [0.25, 0.3) is 11.5 Å². The summed E-state index contributed by atoms with van der Waals surface area (Å²) in [5.41, 5.74) is -0.304. The number of fused-ring (bicyclic) bond motifs is 1. The zero-order valence-electron chi connectivity index (χ0n) is 14.3. The number of nitrogens with zero attached hydrogens (tertiary/aromatic N) is 2. The molecule has 1 aromatic carbocycles. The zero-order valence-corrected chi connectivity index (χ0v) is 15.1. The van der Waals surface area contributed by atoms with Crippen LogP contribution in [0.5, 0.6) is 0 Å². The van der Waals surface area contributed by atoms with Crippen molar-refractivity contribution < 1.29 is 14.3 Å². The van der Waals surface area contributed by atoms with Gasteiger partial charge in [-0.1, -0.05) is 24.3 Å². The Hall–Kier alpha value is -3.00. The van der Waals surface area contributed by atoms with E-state index in [-0.39, 0.29) is 17.3 Å². The number of ether oxygens (including phenoxy) is 1. The van der Waals surface area contributed by atoms with Crippen LogP contribution in [0.25, 0.3) is 10.8 Å². The predicted octanol–water partition coefficient (Wildman–Crippen LogP) is 2.03. The van der Waals surface area contributed by atoms with Crippen LogP contribution in [-0.4, -0.2) is 28.3 Å². The maximum absolute atomic E-state index is 12.4. The number of carbonyl (C=O) groups is 2. The molecule has 8 heteroatoms. The van der Waals surface area contributed by atoms with Crippen molar-refractivity contribution in [2.75, 3.05) is 6.61 Å². The Morgan fingerprint density at radius 1 is 1.23 bits per heavy atom. The third-order valence-electron chi connectivity index (χ3n) is 3.83. The molecule has 0 saturated carbocycles. The van der Waals surface area contributed by atoms with Crippen molar-refractivity contribution in [3.63, 3.8) is 0 Å². The fourth-order valence-corrected chi connectivity index (χ4v) is 3.28. The summed E-state index contributed by atoms with van der Waals surface area (Å²) in [6.07, 6.45) is 0. The Balaban J connectivity index is 1.71. The second kappa shape index (κ2) is 7.49. The van der Waals surface area contributed by atoms with Crippen LogP contribution in [0.15, 0.2) is 46.6 Å². The zero-order chi connectivity index (χ0) is 18.7. The van der Waals surface area contributed by atoms with Crippen molar-refractivity contribution in [1.82, 2.24) is 15.1 Å². The smallest absolute Gasteiger partial charge is 0.359 e. The molecular weight excluding hydrogens is 354 g/mol. The van der Waals surface area contributed by atoms with Crippen LogP contribution in [-0.2, 0) is 16.6 Å². The van der Waals surface area contributed by atoms with E-state index in [0.717, 1.165) is 9.56 Å². The minimum atomic E-state index is -0.754. The van der Waals surface area contributed by atoms with E-state index in [0.29, 0.717) is 10.8 Å². The van der Waals surface area contributed by atoms with Gasteiger partial charge >= 0.3 is 5.97 Å². The van der Waals surface area contributed by atoms with Crippen molar-refractivity contribution >= 4 is 34.0 Å². The van der Waals surface area contributed by atoms with Gasteiger partial charge in [-0.25, -0.2) is 9.48 Å². The molecular formula is C18H17N3O4S. The number of aryl methyl sites for hydroxylation is 1. The second-order valence-corrected chi connectivity index (χ2v) is 6.68. The van der Waals surface area contributed by atoms with Crippen molar-refractivity contribution in [3.05, 3.63) is 62.7 Å². The van der Waals surface area contributed by atoms with Gasteiger partial charge in [-0.2, -0.15) is 5.10 Å². The molecule has 1 amide bonds. The molecule has 0 bridgehead atoms. The standard InChI is InChI=1S/C18H17N3O4S/c1-11(14-8-5-9-26-14)19-15(22)10-25-18(24)16-12-6-3-4-7-13(12)17(23)21(2)20-16/h3-9,11H,10H2,1-2H3,(H,19,22)/t11-/m1/s1. The van der Waals surface area contributed by atoms with E-state index in [1.165, 1.54) is 18.4 Å². The van der Waals surface area contributed by atoms with Crippen LogP contribution in [0.4, 0.5) is 0 Å². The highest BCUT2D eigenvalue weighted by Gasteiger charge is 2.19. The fraction of sp³-hybridized carbons (Fsp3) is 0.222. The average molecular weight is 371 g/mol. The molecule has 0 aliphatic heterocycles. The molecule has 0 fully saturated rings. The predicted molar refractivity (Wildman–Crippen MR) is 98.1 cm³/mol. The molecule has 0 aliphatic carbocycles. The van der Waals surface area contributed by atoms with Crippen LogP contribution in [0.3, 0.4) is 0 Å². The summed E-state index contributed by atoms with van der Waals surface area (Å²) in [6.45, 7) is 1.43. The van der Waals surface area contributed by atoms with Gasteiger partial charge in [0.2, 0.25) is 0 Å². The number of hydrogen-bond acceptors (Lipinski definition) is 6. The van der Waals surface area contributed by atoms with Gasteiger partial charge in [-0.3, -0.25) is 9.59 Å². The Labute approximate surface area is 153 Å². The van der Waals surface area contributed by atoms with E-state index in [1.807, 2.05) is 24.4 Å². The lowest BCUT2D eigenvalue weighted by Crippen LogP contribution is -2.31. The van der Waals surface area contributed by atoms with Gasteiger partial charge in [0, 0.05) is 17.3 Å². The summed E-state index contributed by atoms with van der Waals surface area (Å²) < 4.78 is 6.17. The Morgan fingerprint density at radius 2 is 1.96 bits per heavy atom. The SMILES string of the molecule is C[C@@H](NC(=O)COC(=O)c1nn(C)c(=O)c2ccccc12)c1cccs1. The number of rotatable bonds is 5. The maximum Gasteiger partial charge on any atom is 0.359 e. The van der Waals surface area contributed by atoms with Crippen molar-refractivity contribution in [2.45, 2.75) is 13.0 Å². The van der Waals surface area contributed by atoms with E-state index < -0.39 is 18.5 Å². The molecule has 134 valence electrons. The van der Waals surface area contributed by atoms with Gasteiger partial charge in [-0.05, 0) is 24.4 Å². The Morgan fingerprint density at radius 3 is 2.65 bits per heavy atom. The van der Waals surface area contributed by atoms with E-state index in [1.54, 1.807) is 24.3 Å². The quantitative estimate of drug-likeness (QED) is 0.693. The number of benzene rings is 1. The molecule has 26 heavy (non-hydrogen) atoms. The van der Waals surface area contributed by atoms with Crippen LogP contribution in [0.2, 0.25) is 0 Å². The molecule has 0 aliphatic rings. The van der Waals surface area contributed by atoms with Gasteiger partial charge in [-0.15, -0.1) is 11.3 Å². The molecule has 3 aromatic rings. The molecule has 0 spiro atoms. The minimum Gasteiger partial charge on any atom is -0.451 e. The number of thiophene rings is 1. The molecule has 3 rings (SSSR count). The monoisotopic (exact) mass is 371 g/mol. The fourth-order valence-electron chi connectivity index (χ4n) is 2.54. The first kappa shape index (κ1) is 17.8. The third kappa shape index (κ3) is 3.65. The largest absolute Gasteiger partial charge is 0.451 e. The molecule has 2 heterocycles. The van der Waals surface area contributed by atoms with Gasteiger partial charge < -0.3 is 10.1 Å². The Kier molecular flexibility index (Phi) is 5.13. The first-order valence-electron chi connectivity index (χ1n) is 7.93. The first-order chi connectivity index (χ1) is 12.5. The summed E-state index contributed by atoms with van der Waals surface area (Å²) in [5.74, 6) is -1.16. The van der Waals surface area contributed by atoms with Crippen molar-refractivity contribution in [3.8, 4) is 0 Å². The molecule has 1 N–H and O–H groups in total. The maximum atomic E-state index is 12.4.